The molecule has 0 amide bonds. The number of rotatable bonds is 5. The van der Waals surface area contributed by atoms with Gasteiger partial charge in [0.1, 0.15) is 0 Å². The summed E-state index contributed by atoms with van der Waals surface area (Å²) in [6, 6.07) is 0.340. The van der Waals surface area contributed by atoms with Crippen LogP contribution in [-0.4, -0.2) is 11.0 Å². The Labute approximate surface area is 96.9 Å². The second-order valence-corrected chi connectivity index (χ2v) is 5.84. The topological polar surface area (TPSA) is 38.9 Å². The summed E-state index contributed by atoms with van der Waals surface area (Å²) < 4.78 is 0. The molecule has 0 aliphatic heterocycles. The van der Waals surface area contributed by atoms with E-state index in [1.807, 2.05) is 11.3 Å². The lowest BCUT2D eigenvalue weighted by Crippen LogP contribution is -2.26. The zero-order chi connectivity index (χ0) is 11.4. The summed E-state index contributed by atoms with van der Waals surface area (Å²) in [5, 5.41) is 1.26. The largest absolute Gasteiger partial charge is 0.327 e. The lowest BCUT2D eigenvalue weighted by Gasteiger charge is -2.14. The molecule has 15 heavy (non-hydrogen) atoms. The Hall–Kier alpha value is -0.410. The molecular weight excluding hydrogens is 204 g/mol. The smallest absolute Gasteiger partial charge is 0.0930 e. The highest BCUT2D eigenvalue weighted by molar-refractivity contribution is 7.11. The fourth-order valence-corrected chi connectivity index (χ4v) is 2.44. The van der Waals surface area contributed by atoms with Gasteiger partial charge in [-0.05, 0) is 39.0 Å². The summed E-state index contributed by atoms with van der Waals surface area (Å²) in [5.74, 6) is 0.588. The molecule has 0 bridgehead atoms. The minimum absolute atomic E-state index is 0.340. The van der Waals surface area contributed by atoms with Gasteiger partial charge in [0.05, 0.1) is 10.7 Å². The minimum atomic E-state index is 0.340. The molecule has 0 spiro atoms. The van der Waals surface area contributed by atoms with Gasteiger partial charge in [-0.15, -0.1) is 11.3 Å². The molecule has 0 aromatic carbocycles. The van der Waals surface area contributed by atoms with E-state index < -0.39 is 0 Å². The fraction of sp³-hybridized carbons (Fsp3) is 0.750. The molecule has 1 heterocycles. The van der Waals surface area contributed by atoms with Crippen LogP contribution in [0.5, 0.6) is 0 Å². The highest BCUT2D eigenvalue weighted by atomic mass is 32.1. The van der Waals surface area contributed by atoms with Gasteiger partial charge in [0.25, 0.3) is 0 Å². The van der Waals surface area contributed by atoms with Crippen molar-refractivity contribution in [3.05, 3.63) is 15.6 Å². The molecule has 2 N–H and O–H groups in total. The fourth-order valence-electron chi connectivity index (χ4n) is 1.47. The Kier molecular flexibility index (Phi) is 4.74. The maximum absolute atomic E-state index is 6.00. The van der Waals surface area contributed by atoms with E-state index in [0.717, 1.165) is 19.3 Å². The average Bonchev–Trinajstić information content (AvgIpc) is 2.46. The molecule has 0 saturated carbocycles. The standard InChI is InChI=1S/C12H22N2S/c1-8(2)11(13)6-5-7-12-14-9(3)10(4)15-12/h8,11H,5-7,13H2,1-4H3. The molecule has 0 aliphatic rings. The maximum atomic E-state index is 6.00. The van der Waals surface area contributed by atoms with Gasteiger partial charge in [-0.2, -0.15) is 0 Å². The van der Waals surface area contributed by atoms with Crippen molar-refractivity contribution in [2.24, 2.45) is 11.7 Å². The molecule has 0 aliphatic carbocycles. The van der Waals surface area contributed by atoms with Crippen molar-refractivity contribution in [3.63, 3.8) is 0 Å². The normalized spacial score (nSPS) is 13.5. The van der Waals surface area contributed by atoms with Gasteiger partial charge in [0.2, 0.25) is 0 Å². The Morgan fingerprint density at radius 1 is 1.33 bits per heavy atom. The SMILES string of the molecule is Cc1nc(CCCC(N)C(C)C)sc1C. The first-order chi connectivity index (χ1) is 7.00. The Balaban J connectivity index is 2.32. The van der Waals surface area contributed by atoms with Gasteiger partial charge in [0, 0.05) is 10.9 Å². The average molecular weight is 226 g/mol. The van der Waals surface area contributed by atoms with E-state index in [0.29, 0.717) is 12.0 Å². The van der Waals surface area contributed by atoms with Gasteiger partial charge in [-0.1, -0.05) is 13.8 Å². The van der Waals surface area contributed by atoms with E-state index in [9.17, 15) is 0 Å². The van der Waals surface area contributed by atoms with Gasteiger partial charge < -0.3 is 5.73 Å². The van der Waals surface area contributed by atoms with Crippen LogP contribution < -0.4 is 5.73 Å². The quantitative estimate of drug-likeness (QED) is 0.838. The molecule has 1 unspecified atom stereocenters. The number of nitrogens with zero attached hydrogens (tertiary/aromatic N) is 1. The van der Waals surface area contributed by atoms with Crippen LogP contribution in [0.4, 0.5) is 0 Å². The summed E-state index contributed by atoms with van der Waals surface area (Å²) in [6.45, 7) is 8.58. The highest BCUT2D eigenvalue weighted by Crippen LogP contribution is 2.18. The van der Waals surface area contributed by atoms with Gasteiger partial charge in [-0.25, -0.2) is 4.98 Å². The van der Waals surface area contributed by atoms with Crippen LogP contribution in [0.2, 0.25) is 0 Å². The molecule has 1 rings (SSSR count). The monoisotopic (exact) mass is 226 g/mol. The van der Waals surface area contributed by atoms with Crippen LogP contribution in [0.1, 0.15) is 42.3 Å². The van der Waals surface area contributed by atoms with Crippen LogP contribution in [0, 0.1) is 19.8 Å². The second kappa shape index (κ2) is 5.61. The number of aromatic nitrogens is 1. The zero-order valence-corrected chi connectivity index (χ0v) is 11.0. The number of hydrogen-bond acceptors (Lipinski definition) is 3. The van der Waals surface area contributed by atoms with Crippen molar-refractivity contribution in [1.82, 2.24) is 4.98 Å². The number of hydrogen-bond donors (Lipinski definition) is 1. The number of nitrogens with two attached hydrogens (primary N) is 1. The second-order valence-electron chi connectivity index (χ2n) is 4.55. The maximum Gasteiger partial charge on any atom is 0.0930 e. The molecular formula is C12H22N2S. The third-order valence-electron chi connectivity index (χ3n) is 2.86. The van der Waals surface area contributed by atoms with Crippen LogP contribution in [0.15, 0.2) is 0 Å². The first kappa shape index (κ1) is 12.7. The van der Waals surface area contributed by atoms with Crippen molar-refractivity contribution >= 4 is 11.3 Å². The van der Waals surface area contributed by atoms with E-state index in [1.54, 1.807) is 0 Å². The summed E-state index contributed by atoms with van der Waals surface area (Å²) in [5.41, 5.74) is 7.18. The molecule has 0 fully saturated rings. The third-order valence-corrected chi connectivity index (χ3v) is 3.99. The summed E-state index contributed by atoms with van der Waals surface area (Å²) in [6.07, 6.45) is 3.35. The molecule has 1 aromatic heterocycles. The predicted octanol–water partition coefficient (Wildman–Crippen LogP) is 3.07. The Bertz CT molecular complexity index is 285. The van der Waals surface area contributed by atoms with E-state index in [1.165, 1.54) is 15.6 Å². The van der Waals surface area contributed by atoms with E-state index in [-0.39, 0.29) is 0 Å². The molecule has 2 nitrogen and oxygen atoms in total. The summed E-state index contributed by atoms with van der Waals surface area (Å²) >= 11 is 1.82. The summed E-state index contributed by atoms with van der Waals surface area (Å²) in [7, 11) is 0. The molecule has 0 radical (unpaired) electrons. The van der Waals surface area contributed by atoms with Crippen molar-refractivity contribution in [2.75, 3.05) is 0 Å². The van der Waals surface area contributed by atoms with Gasteiger partial charge in [0.15, 0.2) is 0 Å². The van der Waals surface area contributed by atoms with E-state index in [2.05, 4.69) is 32.7 Å². The zero-order valence-electron chi connectivity index (χ0n) is 10.2. The molecule has 1 atom stereocenters. The van der Waals surface area contributed by atoms with Crippen LogP contribution in [0.3, 0.4) is 0 Å². The van der Waals surface area contributed by atoms with Gasteiger partial charge >= 0.3 is 0 Å². The van der Waals surface area contributed by atoms with Crippen LogP contribution in [-0.2, 0) is 6.42 Å². The molecule has 3 heteroatoms. The van der Waals surface area contributed by atoms with E-state index >= 15 is 0 Å². The lowest BCUT2D eigenvalue weighted by molar-refractivity contribution is 0.452. The van der Waals surface area contributed by atoms with Crippen LogP contribution >= 0.6 is 11.3 Å². The Morgan fingerprint density at radius 2 is 2.00 bits per heavy atom. The van der Waals surface area contributed by atoms with Crippen LogP contribution in [0.25, 0.3) is 0 Å². The molecule has 1 aromatic rings. The Morgan fingerprint density at radius 3 is 2.47 bits per heavy atom. The third kappa shape index (κ3) is 3.92. The van der Waals surface area contributed by atoms with Gasteiger partial charge in [-0.3, -0.25) is 0 Å². The van der Waals surface area contributed by atoms with Crippen molar-refractivity contribution in [1.29, 1.82) is 0 Å². The molecule has 86 valence electrons. The van der Waals surface area contributed by atoms with Crippen molar-refractivity contribution < 1.29 is 0 Å². The first-order valence-electron chi connectivity index (χ1n) is 5.69. The lowest BCUT2D eigenvalue weighted by atomic mass is 10.00. The highest BCUT2D eigenvalue weighted by Gasteiger charge is 2.08. The van der Waals surface area contributed by atoms with E-state index in [4.69, 9.17) is 5.73 Å². The number of aryl methyl sites for hydroxylation is 3. The molecule has 0 saturated heterocycles. The minimum Gasteiger partial charge on any atom is -0.327 e. The van der Waals surface area contributed by atoms with Crippen molar-refractivity contribution in [3.8, 4) is 0 Å². The van der Waals surface area contributed by atoms with Crippen molar-refractivity contribution in [2.45, 2.75) is 53.0 Å². The number of thiazole rings is 1. The first-order valence-corrected chi connectivity index (χ1v) is 6.51. The summed E-state index contributed by atoms with van der Waals surface area (Å²) in [4.78, 5) is 5.88. The predicted molar refractivity (Wildman–Crippen MR) is 67.3 cm³/mol.